The lowest BCUT2D eigenvalue weighted by molar-refractivity contribution is -0.160. The molecule has 0 radical (unpaired) electrons. The van der Waals surface area contributed by atoms with Crippen LogP contribution in [-0.2, 0) is 33.9 Å². The number of hydrogen-bond acceptors (Lipinski definition) is 10. The fraction of sp³-hybridized carbons (Fsp3) is 0.625. The smallest absolute Gasteiger partial charge is 0.307 e. The van der Waals surface area contributed by atoms with Crippen molar-refractivity contribution in [1.82, 2.24) is 14.6 Å². The molecule has 3 fully saturated rings. The first-order valence-electron chi connectivity index (χ1n) is 18.9. The highest BCUT2D eigenvalue weighted by Crippen LogP contribution is 2.57. The van der Waals surface area contributed by atoms with Gasteiger partial charge in [-0.05, 0) is 83.1 Å². The second-order valence-corrected chi connectivity index (χ2v) is 18.6. The van der Waals surface area contributed by atoms with Gasteiger partial charge < -0.3 is 19.1 Å². The third-order valence-corrected chi connectivity index (χ3v) is 13.0. The molecule has 4 aliphatic rings. The maximum atomic E-state index is 14.8. The number of Topliss-reactive ketones (excluding diaryl/α,β-unsaturated/α-hetero) is 1. The van der Waals surface area contributed by atoms with Crippen LogP contribution in [0.1, 0.15) is 92.4 Å². The molecule has 3 heterocycles. The van der Waals surface area contributed by atoms with Gasteiger partial charge in [-0.15, -0.1) is 0 Å². The van der Waals surface area contributed by atoms with E-state index in [1.807, 2.05) is 43.3 Å². The molecule has 6 rings (SSSR count). The van der Waals surface area contributed by atoms with Gasteiger partial charge in [0.2, 0.25) is 27.7 Å². The van der Waals surface area contributed by atoms with E-state index in [1.54, 1.807) is 34.1 Å². The van der Waals surface area contributed by atoms with Crippen LogP contribution in [0.25, 0.3) is 10.8 Å². The summed E-state index contributed by atoms with van der Waals surface area (Å²) in [5, 5.41) is 0.907. The number of amides is 2. The number of fused-ring (bicyclic) bond motifs is 3. The van der Waals surface area contributed by atoms with Crippen LogP contribution in [0.3, 0.4) is 0 Å². The number of ether oxygens (including phenoxy) is 3. The second kappa shape index (κ2) is 15.0. The molecule has 53 heavy (non-hydrogen) atoms. The molecule has 1 aromatic carbocycles. The van der Waals surface area contributed by atoms with Crippen LogP contribution >= 0.6 is 0 Å². The average Bonchev–Trinajstić information content (AvgIpc) is 4.01. The van der Waals surface area contributed by atoms with Gasteiger partial charge in [0.05, 0.1) is 48.9 Å². The first-order chi connectivity index (χ1) is 25.0. The van der Waals surface area contributed by atoms with Gasteiger partial charge in [0.15, 0.2) is 5.78 Å². The summed E-state index contributed by atoms with van der Waals surface area (Å²) in [6, 6.07) is 6.53. The largest absolute Gasteiger partial charge is 0.494 e. The van der Waals surface area contributed by atoms with Crippen LogP contribution < -0.4 is 14.2 Å². The number of aromatic nitrogens is 1. The maximum Gasteiger partial charge on any atom is 0.307 e. The predicted octanol–water partition coefficient (Wildman–Crippen LogP) is 5.53. The first kappa shape index (κ1) is 38.7. The van der Waals surface area contributed by atoms with Crippen molar-refractivity contribution in [2.75, 3.05) is 13.7 Å². The molecule has 2 aromatic rings. The number of carbonyl (C=O) groups excluding carboxylic acids is 4. The number of benzene rings is 1. The summed E-state index contributed by atoms with van der Waals surface area (Å²) in [5.41, 5.74) is -1.99. The summed E-state index contributed by atoms with van der Waals surface area (Å²) < 4.78 is 45.7. The van der Waals surface area contributed by atoms with Crippen molar-refractivity contribution in [2.45, 2.75) is 115 Å². The molecule has 0 bridgehead atoms. The number of esters is 1. The Morgan fingerprint density at radius 2 is 1.77 bits per heavy atom. The zero-order valence-corrected chi connectivity index (χ0v) is 32.4. The van der Waals surface area contributed by atoms with Gasteiger partial charge in [0, 0.05) is 23.6 Å². The lowest BCUT2D eigenvalue weighted by Gasteiger charge is -2.32. The molecule has 2 saturated carbocycles. The average molecular weight is 752 g/mol. The maximum absolute atomic E-state index is 14.8. The minimum absolute atomic E-state index is 0.0585. The van der Waals surface area contributed by atoms with E-state index in [9.17, 15) is 27.6 Å². The van der Waals surface area contributed by atoms with Crippen molar-refractivity contribution >= 4 is 44.4 Å². The SMILES string of the molecule is COc1cnc(O[C@@H]2C[C@H]3C(=O)C[C@]4(C(=O)NS(=O)(=O)C5CC5)C[C@H]4/C=C\CC[C@@H](C)C[C@@H](C)C(CC(=O)OC(C)(C)C)C(=O)N3C2)c2ccccc12. The Bertz CT molecular complexity index is 1880. The van der Waals surface area contributed by atoms with Crippen LogP contribution in [0.5, 0.6) is 11.6 Å². The number of pyridine rings is 1. The van der Waals surface area contributed by atoms with Crippen molar-refractivity contribution in [3.8, 4) is 11.6 Å². The number of allylic oxidation sites excluding steroid dienone is 2. The molecule has 1 N–H and O–H groups in total. The van der Waals surface area contributed by atoms with Crippen molar-refractivity contribution in [1.29, 1.82) is 0 Å². The molecule has 2 aliphatic heterocycles. The number of ketones is 1. The summed E-state index contributed by atoms with van der Waals surface area (Å²) in [5.74, 6) is -2.02. The zero-order chi connectivity index (χ0) is 38.3. The van der Waals surface area contributed by atoms with Crippen molar-refractivity contribution in [3.05, 3.63) is 42.6 Å². The van der Waals surface area contributed by atoms with Gasteiger partial charge >= 0.3 is 5.97 Å². The summed E-state index contributed by atoms with van der Waals surface area (Å²) in [4.78, 5) is 62.5. The third kappa shape index (κ3) is 8.71. The van der Waals surface area contributed by atoms with Crippen LogP contribution in [0.15, 0.2) is 42.6 Å². The molecule has 7 atom stereocenters. The molecule has 13 heteroatoms. The summed E-state index contributed by atoms with van der Waals surface area (Å²) in [6.07, 6.45) is 8.19. The zero-order valence-electron chi connectivity index (χ0n) is 31.6. The number of nitrogens with zero attached hydrogens (tertiary/aromatic N) is 2. The van der Waals surface area contributed by atoms with Crippen LogP contribution in [0, 0.1) is 29.1 Å². The fourth-order valence-corrected chi connectivity index (χ4v) is 9.49. The number of nitrogens with one attached hydrogen (secondary N) is 1. The number of sulfonamides is 1. The van der Waals surface area contributed by atoms with E-state index in [-0.39, 0.29) is 55.3 Å². The van der Waals surface area contributed by atoms with Gasteiger partial charge in [-0.1, -0.05) is 44.2 Å². The number of carbonyl (C=O) groups is 4. The summed E-state index contributed by atoms with van der Waals surface area (Å²) >= 11 is 0. The molecule has 288 valence electrons. The molecule has 1 aromatic heterocycles. The molecule has 12 nitrogen and oxygen atoms in total. The number of methoxy groups -OCH3 is 1. The van der Waals surface area contributed by atoms with E-state index in [0.717, 1.165) is 18.2 Å². The van der Waals surface area contributed by atoms with E-state index in [4.69, 9.17) is 14.2 Å². The predicted molar refractivity (Wildman–Crippen MR) is 198 cm³/mol. The van der Waals surface area contributed by atoms with Crippen LogP contribution in [0.4, 0.5) is 0 Å². The Labute approximate surface area is 312 Å². The first-order valence-corrected chi connectivity index (χ1v) is 20.4. The molecule has 1 unspecified atom stereocenters. The minimum atomic E-state index is -3.85. The molecule has 2 amide bonds. The highest BCUT2D eigenvalue weighted by atomic mass is 32.2. The normalized spacial score (nSPS) is 30.3. The Kier molecular flexibility index (Phi) is 11.0. The van der Waals surface area contributed by atoms with E-state index in [2.05, 4.69) is 16.6 Å². The lowest BCUT2D eigenvalue weighted by Crippen LogP contribution is -2.47. The number of rotatable bonds is 8. The van der Waals surface area contributed by atoms with Crippen LogP contribution in [-0.4, -0.2) is 78.5 Å². The van der Waals surface area contributed by atoms with E-state index in [0.29, 0.717) is 42.7 Å². The Morgan fingerprint density at radius 1 is 1.06 bits per heavy atom. The minimum Gasteiger partial charge on any atom is -0.494 e. The molecule has 2 aliphatic carbocycles. The van der Waals surface area contributed by atoms with Gasteiger partial charge in [0.25, 0.3) is 0 Å². The van der Waals surface area contributed by atoms with Gasteiger partial charge in [-0.3, -0.25) is 23.9 Å². The molecular weight excluding hydrogens is 699 g/mol. The van der Waals surface area contributed by atoms with Crippen molar-refractivity contribution in [3.63, 3.8) is 0 Å². The van der Waals surface area contributed by atoms with Crippen LogP contribution in [0.2, 0.25) is 0 Å². The second-order valence-electron chi connectivity index (χ2n) is 16.7. The number of hydrogen-bond donors (Lipinski definition) is 1. The molecule has 0 spiro atoms. The Hall–Kier alpha value is -4.00. The standard InChI is InChI=1S/C40H53N3O9S/c1-24-11-7-8-12-26-20-40(26,38(47)42-53(48,49)28-15-16-28)21-33(44)32-18-27(51-36-30-14-10-9-13-29(30)34(50-6)22-41-36)23-43(32)37(46)31(25(2)17-24)19-35(45)52-39(3,4)5/h8-10,12-14,22,24-28,31-32H,7,11,15-21,23H2,1-6H3,(H,42,47)/b12-8-/t24-,25-,26-,27-,31?,32+,40-/m1/s1. The van der Waals surface area contributed by atoms with Crippen molar-refractivity contribution in [2.24, 2.45) is 29.1 Å². The quantitative estimate of drug-likeness (QED) is 0.269. The third-order valence-electron chi connectivity index (χ3n) is 11.2. The van der Waals surface area contributed by atoms with Gasteiger partial charge in [-0.2, -0.15) is 0 Å². The van der Waals surface area contributed by atoms with E-state index >= 15 is 0 Å². The monoisotopic (exact) mass is 751 g/mol. The van der Waals surface area contributed by atoms with E-state index < -0.39 is 56.2 Å². The lowest BCUT2D eigenvalue weighted by atomic mass is 9.82. The topological polar surface area (TPSA) is 158 Å². The van der Waals surface area contributed by atoms with Gasteiger partial charge in [0.1, 0.15) is 17.5 Å². The Balaban J connectivity index is 1.35. The fourth-order valence-electron chi connectivity index (χ4n) is 8.10. The highest BCUT2D eigenvalue weighted by Gasteiger charge is 2.61. The molecule has 1 saturated heterocycles. The summed E-state index contributed by atoms with van der Waals surface area (Å²) in [7, 11) is -2.28. The molecular formula is C40H53N3O9S. The van der Waals surface area contributed by atoms with Gasteiger partial charge in [-0.25, -0.2) is 13.4 Å². The van der Waals surface area contributed by atoms with E-state index in [1.165, 1.54) is 4.90 Å². The van der Waals surface area contributed by atoms with Crippen molar-refractivity contribution < 1.29 is 41.8 Å². The highest BCUT2D eigenvalue weighted by molar-refractivity contribution is 7.90. The summed E-state index contributed by atoms with van der Waals surface area (Å²) in [6.45, 7) is 9.49. The Morgan fingerprint density at radius 3 is 2.45 bits per heavy atom.